The molecule has 3 rings (SSSR count). The molecule has 10 heteroatoms. The van der Waals surface area contributed by atoms with E-state index in [1.165, 1.54) is 35.5 Å². The lowest BCUT2D eigenvalue weighted by molar-refractivity contribution is -0.130. The normalized spacial score (nSPS) is 24.2. The standard InChI is InChI=1S/C23H33N3O6S/c1-16-6-4-9-21(17(16)2)24-22(28)15-32-23(29)19-7-5-8-20(14-19)33(30,31)26-12-10-25(11-13-26)18(3)27/h5,7-8,14,16-17,21H,4,6,9-13,15H2,1-3H3,(H,24,28)/t16-,17-,21-/m1/s1. The van der Waals surface area contributed by atoms with Crippen LogP contribution in [0.4, 0.5) is 0 Å². The Morgan fingerprint density at radius 1 is 1.09 bits per heavy atom. The van der Waals surface area contributed by atoms with E-state index in [1.807, 2.05) is 0 Å². The summed E-state index contributed by atoms with van der Waals surface area (Å²) in [6.07, 6.45) is 3.11. The summed E-state index contributed by atoms with van der Waals surface area (Å²) < 4.78 is 32.4. The second kappa shape index (κ2) is 10.6. The predicted octanol–water partition coefficient (Wildman–Crippen LogP) is 1.64. The number of hydrogen-bond donors (Lipinski definition) is 1. The van der Waals surface area contributed by atoms with Crippen molar-refractivity contribution in [3.63, 3.8) is 0 Å². The maximum Gasteiger partial charge on any atom is 0.338 e. The van der Waals surface area contributed by atoms with Crippen molar-refractivity contribution in [2.24, 2.45) is 11.8 Å². The number of ether oxygens (including phenoxy) is 1. The van der Waals surface area contributed by atoms with Gasteiger partial charge in [0.2, 0.25) is 15.9 Å². The fourth-order valence-electron chi connectivity index (χ4n) is 4.42. The van der Waals surface area contributed by atoms with Gasteiger partial charge in [-0.15, -0.1) is 0 Å². The van der Waals surface area contributed by atoms with Crippen molar-refractivity contribution in [1.82, 2.24) is 14.5 Å². The molecule has 0 radical (unpaired) electrons. The Morgan fingerprint density at radius 3 is 2.45 bits per heavy atom. The Hall–Kier alpha value is -2.46. The van der Waals surface area contributed by atoms with Gasteiger partial charge >= 0.3 is 5.97 Å². The molecule has 33 heavy (non-hydrogen) atoms. The first-order valence-corrected chi connectivity index (χ1v) is 12.9. The molecule has 0 aromatic heterocycles. The zero-order valence-electron chi connectivity index (χ0n) is 19.5. The number of nitrogens with zero attached hydrogens (tertiary/aromatic N) is 2. The summed E-state index contributed by atoms with van der Waals surface area (Å²) in [5, 5.41) is 2.95. The maximum absolute atomic E-state index is 13.0. The van der Waals surface area contributed by atoms with Gasteiger partial charge in [-0.3, -0.25) is 9.59 Å². The van der Waals surface area contributed by atoms with Gasteiger partial charge in [0.1, 0.15) is 0 Å². The van der Waals surface area contributed by atoms with E-state index in [9.17, 15) is 22.8 Å². The van der Waals surface area contributed by atoms with Gasteiger partial charge in [0.05, 0.1) is 10.5 Å². The van der Waals surface area contributed by atoms with Crippen LogP contribution in [0.15, 0.2) is 29.2 Å². The molecular weight excluding hydrogens is 446 g/mol. The minimum atomic E-state index is -3.82. The molecule has 1 aromatic rings. The fraction of sp³-hybridized carbons (Fsp3) is 0.609. The van der Waals surface area contributed by atoms with Gasteiger partial charge in [-0.25, -0.2) is 13.2 Å². The molecule has 1 N–H and O–H groups in total. The number of carbonyl (C=O) groups excluding carboxylic acids is 3. The van der Waals surface area contributed by atoms with Crippen LogP contribution in [0.1, 0.15) is 50.4 Å². The lowest BCUT2D eigenvalue weighted by atomic mass is 9.78. The second-order valence-electron chi connectivity index (χ2n) is 8.96. The summed E-state index contributed by atoms with van der Waals surface area (Å²) in [4.78, 5) is 37.8. The van der Waals surface area contributed by atoms with E-state index in [0.29, 0.717) is 24.9 Å². The molecule has 9 nitrogen and oxygen atoms in total. The van der Waals surface area contributed by atoms with Crippen LogP contribution in [0, 0.1) is 11.8 Å². The van der Waals surface area contributed by atoms with Crippen LogP contribution >= 0.6 is 0 Å². The van der Waals surface area contributed by atoms with Crippen molar-refractivity contribution >= 4 is 27.8 Å². The highest BCUT2D eigenvalue weighted by molar-refractivity contribution is 7.89. The fourth-order valence-corrected chi connectivity index (χ4v) is 5.89. The van der Waals surface area contributed by atoms with Crippen molar-refractivity contribution in [3.8, 4) is 0 Å². The highest BCUT2D eigenvalue weighted by Crippen LogP contribution is 2.29. The number of carbonyl (C=O) groups is 3. The van der Waals surface area contributed by atoms with Crippen molar-refractivity contribution in [2.45, 2.75) is 51.0 Å². The molecule has 0 unspecified atom stereocenters. The van der Waals surface area contributed by atoms with E-state index in [1.54, 1.807) is 4.90 Å². The number of nitrogens with one attached hydrogen (secondary N) is 1. The van der Waals surface area contributed by atoms with Gasteiger partial charge in [0.15, 0.2) is 6.61 Å². The highest BCUT2D eigenvalue weighted by atomic mass is 32.2. The van der Waals surface area contributed by atoms with Crippen LogP contribution in [0.5, 0.6) is 0 Å². The van der Waals surface area contributed by atoms with E-state index < -0.39 is 22.6 Å². The molecule has 2 aliphatic rings. The molecule has 1 aromatic carbocycles. The SMILES string of the molecule is CC(=O)N1CCN(S(=O)(=O)c2cccc(C(=O)OCC(=O)N[C@@H]3CCC[C@@H](C)[C@H]3C)c2)CC1. The number of esters is 1. The van der Waals surface area contributed by atoms with Crippen molar-refractivity contribution in [2.75, 3.05) is 32.8 Å². The smallest absolute Gasteiger partial charge is 0.338 e. The third-order valence-electron chi connectivity index (χ3n) is 6.78. The van der Waals surface area contributed by atoms with Gasteiger partial charge in [-0.1, -0.05) is 32.8 Å². The highest BCUT2D eigenvalue weighted by Gasteiger charge is 2.30. The summed E-state index contributed by atoms with van der Waals surface area (Å²) in [6, 6.07) is 5.68. The molecule has 2 fully saturated rings. The van der Waals surface area contributed by atoms with Crippen molar-refractivity contribution < 1.29 is 27.5 Å². The molecular formula is C23H33N3O6S. The second-order valence-corrected chi connectivity index (χ2v) is 10.9. The van der Waals surface area contributed by atoms with Gasteiger partial charge in [-0.2, -0.15) is 4.31 Å². The lowest BCUT2D eigenvalue weighted by Crippen LogP contribution is -2.49. The topological polar surface area (TPSA) is 113 Å². The van der Waals surface area contributed by atoms with E-state index >= 15 is 0 Å². The monoisotopic (exact) mass is 479 g/mol. The number of sulfonamides is 1. The molecule has 3 atom stereocenters. The Labute approximate surface area is 195 Å². The van der Waals surface area contributed by atoms with E-state index in [-0.39, 0.29) is 41.4 Å². The molecule has 2 amide bonds. The minimum absolute atomic E-state index is 0.0253. The quantitative estimate of drug-likeness (QED) is 0.621. The zero-order valence-corrected chi connectivity index (χ0v) is 20.3. The average molecular weight is 480 g/mol. The third-order valence-corrected chi connectivity index (χ3v) is 8.67. The molecule has 1 aliphatic heterocycles. The third kappa shape index (κ3) is 6.11. The largest absolute Gasteiger partial charge is 0.452 e. The zero-order chi connectivity index (χ0) is 24.2. The first-order chi connectivity index (χ1) is 15.6. The molecule has 0 spiro atoms. The predicted molar refractivity (Wildman–Crippen MR) is 122 cm³/mol. The van der Waals surface area contributed by atoms with Crippen LogP contribution in [0.3, 0.4) is 0 Å². The first-order valence-electron chi connectivity index (χ1n) is 11.4. The van der Waals surface area contributed by atoms with Gasteiger partial charge in [0, 0.05) is 39.1 Å². The Balaban J connectivity index is 1.58. The van der Waals surface area contributed by atoms with E-state index in [4.69, 9.17) is 4.74 Å². The number of amides is 2. The van der Waals surface area contributed by atoms with E-state index in [0.717, 1.165) is 19.3 Å². The number of benzene rings is 1. The molecule has 1 saturated carbocycles. The molecule has 1 heterocycles. The summed E-state index contributed by atoms with van der Waals surface area (Å²) in [5.74, 6) is -0.317. The van der Waals surface area contributed by atoms with E-state index in [2.05, 4.69) is 19.2 Å². The van der Waals surface area contributed by atoms with Crippen molar-refractivity contribution in [1.29, 1.82) is 0 Å². The maximum atomic E-state index is 13.0. The minimum Gasteiger partial charge on any atom is -0.452 e. The lowest BCUT2D eigenvalue weighted by Gasteiger charge is -2.34. The molecule has 1 saturated heterocycles. The van der Waals surface area contributed by atoms with Crippen LogP contribution in [0.25, 0.3) is 0 Å². The molecule has 182 valence electrons. The summed E-state index contributed by atoms with van der Waals surface area (Å²) in [7, 11) is -3.82. The summed E-state index contributed by atoms with van der Waals surface area (Å²) in [5.41, 5.74) is 0.0610. The average Bonchev–Trinajstić information content (AvgIpc) is 2.80. The molecule has 0 bridgehead atoms. The van der Waals surface area contributed by atoms with Gasteiger partial charge in [-0.05, 0) is 36.5 Å². The van der Waals surface area contributed by atoms with Gasteiger partial charge < -0.3 is 15.0 Å². The van der Waals surface area contributed by atoms with Gasteiger partial charge in [0.25, 0.3) is 5.91 Å². The Morgan fingerprint density at radius 2 is 1.79 bits per heavy atom. The van der Waals surface area contributed by atoms with Crippen LogP contribution in [0.2, 0.25) is 0 Å². The van der Waals surface area contributed by atoms with Crippen molar-refractivity contribution in [3.05, 3.63) is 29.8 Å². The number of piperazine rings is 1. The Bertz CT molecular complexity index is 988. The number of rotatable bonds is 6. The van der Waals surface area contributed by atoms with Crippen LogP contribution in [-0.4, -0.2) is 74.2 Å². The Kier molecular flexibility index (Phi) is 8.12. The molecule has 1 aliphatic carbocycles. The van der Waals surface area contributed by atoms with Crippen LogP contribution < -0.4 is 5.32 Å². The summed E-state index contributed by atoms with van der Waals surface area (Å²) >= 11 is 0. The first kappa shape index (κ1) is 25.2. The van der Waals surface area contributed by atoms with Crippen LogP contribution in [-0.2, 0) is 24.3 Å². The summed E-state index contributed by atoms with van der Waals surface area (Å²) in [6.45, 7) is 6.35. The number of hydrogen-bond acceptors (Lipinski definition) is 6.